The van der Waals surface area contributed by atoms with Crippen molar-refractivity contribution in [1.29, 1.82) is 0 Å². The smallest absolute Gasteiger partial charge is 0.319 e. The zero-order chi connectivity index (χ0) is 28.5. The van der Waals surface area contributed by atoms with Gasteiger partial charge in [0.1, 0.15) is 0 Å². The molecule has 0 bridgehead atoms. The van der Waals surface area contributed by atoms with E-state index < -0.39 is 0 Å². The van der Waals surface area contributed by atoms with Crippen LogP contribution in [0.4, 0.5) is 10.5 Å². The summed E-state index contributed by atoms with van der Waals surface area (Å²) in [6.45, 7) is 8.72. The Hall–Kier alpha value is -3.40. The minimum absolute atomic E-state index is 0.170. The van der Waals surface area contributed by atoms with E-state index in [9.17, 15) is 9.59 Å². The molecule has 0 saturated heterocycles. The molecule has 0 radical (unpaired) electrons. The summed E-state index contributed by atoms with van der Waals surface area (Å²) in [5.74, 6) is 1.05. The van der Waals surface area contributed by atoms with Crippen LogP contribution in [0.2, 0.25) is 0 Å². The maximum absolute atomic E-state index is 12.9. The van der Waals surface area contributed by atoms with Gasteiger partial charge in [0.05, 0.1) is 0 Å². The number of nitrogens with one attached hydrogen (secondary N) is 2. The van der Waals surface area contributed by atoms with Gasteiger partial charge in [-0.05, 0) is 97.0 Å². The number of hydrogen-bond acceptors (Lipinski definition) is 2. The Morgan fingerprint density at radius 2 is 1.60 bits per heavy atom. The Bertz CT molecular complexity index is 1320. The summed E-state index contributed by atoms with van der Waals surface area (Å²) < 4.78 is 0. The predicted molar refractivity (Wildman–Crippen MR) is 166 cm³/mol. The van der Waals surface area contributed by atoms with Crippen LogP contribution in [-0.4, -0.2) is 11.8 Å². The molecule has 2 N–H and O–H groups in total. The van der Waals surface area contributed by atoms with Crippen LogP contribution in [0.1, 0.15) is 108 Å². The molecule has 1 saturated carbocycles. The molecule has 0 unspecified atom stereocenters. The minimum Gasteiger partial charge on any atom is -0.334 e. The number of carbonyl (C=O) groups is 2. The Kier molecular flexibility index (Phi) is 10.6. The minimum atomic E-state index is -0.170. The largest absolute Gasteiger partial charge is 0.334 e. The molecule has 4 nitrogen and oxygen atoms in total. The molecule has 1 fully saturated rings. The fourth-order valence-electron chi connectivity index (χ4n) is 5.95. The molecule has 0 aliphatic heterocycles. The fraction of sp³-hybridized carbons (Fsp3) is 0.444. The molecule has 2 amide bonds. The summed E-state index contributed by atoms with van der Waals surface area (Å²) in [6.07, 6.45) is 11.7. The van der Waals surface area contributed by atoms with E-state index in [1.165, 1.54) is 72.8 Å². The Morgan fingerprint density at radius 1 is 0.825 bits per heavy atom. The van der Waals surface area contributed by atoms with E-state index in [0.717, 1.165) is 41.1 Å². The lowest BCUT2D eigenvalue weighted by molar-refractivity contribution is 0.0988. The monoisotopic (exact) mass is 538 g/mol. The number of ketones is 1. The summed E-state index contributed by atoms with van der Waals surface area (Å²) >= 11 is 0. The lowest BCUT2D eigenvalue weighted by Gasteiger charge is -2.21. The number of carbonyl (C=O) groups excluding carboxylic acids is 2. The number of urea groups is 1. The van der Waals surface area contributed by atoms with Gasteiger partial charge in [0.25, 0.3) is 0 Å². The van der Waals surface area contributed by atoms with E-state index in [1.54, 1.807) is 0 Å². The van der Waals surface area contributed by atoms with Crippen molar-refractivity contribution in [2.45, 2.75) is 98.4 Å². The summed E-state index contributed by atoms with van der Waals surface area (Å²) in [7, 11) is 0. The average molecular weight is 539 g/mol. The number of rotatable bonds is 11. The third-order valence-electron chi connectivity index (χ3n) is 8.58. The molecule has 3 aromatic rings. The SMILES string of the molecule is CCC(=O)c1cccc(Cc2ccc(CNC(=O)Nc3cc(C)c(C)cc3CCCC3CCCCC3)cc2C)c1. The second-order valence-corrected chi connectivity index (χ2v) is 11.7. The highest BCUT2D eigenvalue weighted by Crippen LogP contribution is 2.29. The second-order valence-electron chi connectivity index (χ2n) is 11.7. The van der Waals surface area contributed by atoms with Gasteiger partial charge in [-0.25, -0.2) is 4.79 Å². The van der Waals surface area contributed by atoms with Gasteiger partial charge in [-0.3, -0.25) is 4.79 Å². The quantitative estimate of drug-likeness (QED) is 0.239. The summed E-state index contributed by atoms with van der Waals surface area (Å²) in [6, 6.07) is 18.5. The van der Waals surface area contributed by atoms with Crippen LogP contribution in [-0.2, 0) is 19.4 Å². The predicted octanol–water partition coefficient (Wildman–Crippen LogP) is 9.02. The first kappa shape index (κ1) is 29.6. The van der Waals surface area contributed by atoms with Crippen LogP contribution in [0.5, 0.6) is 0 Å². The third kappa shape index (κ3) is 8.30. The molecule has 1 aliphatic rings. The van der Waals surface area contributed by atoms with E-state index in [-0.39, 0.29) is 11.8 Å². The molecule has 1 aliphatic carbocycles. The summed E-state index contributed by atoms with van der Waals surface area (Å²) in [5, 5.41) is 6.19. The van der Waals surface area contributed by atoms with Crippen LogP contribution >= 0.6 is 0 Å². The molecule has 0 spiro atoms. The second kappa shape index (κ2) is 14.3. The number of amides is 2. The first-order valence-electron chi connectivity index (χ1n) is 15.2. The van der Waals surface area contributed by atoms with Gasteiger partial charge in [0.2, 0.25) is 0 Å². The lowest BCUT2D eigenvalue weighted by Crippen LogP contribution is -2.28. The zero-order valence-electron chi connectivity index (χ0n) is 24.9. The molecule has 4 heteroatoms. The fourth-order valence-corrected chi connectivity index (χ4v) is 5.95. The number of Topliss-reactive ketones (excluding diaryl/α,β-unsaturated/α-hetero) is 1. The van der Waals surface area contributed by atoms with Crippen LogP contribution in [0.25, 0.3) is 0 Å². The van der Waals surface area contributed by atoms with Gasteiger partial charge < -0.3 is 10.6 Å². The van der Waals surface area contributed by atoms with Crippen molar-refractivity contribution in [3.63, 3.8) is 0 Å². The van der Waals surface area contributed by atoms with Crippen LogP contribution in [0.3, 0.4) is 0 Å². The number of anilines is 1. The van der Waals surface area contributed by atoms with E-state index >= 15 is 0 Å². The molecule has 0 atom stereocenters. The number of hydrogen-bond donors (Lipinski definition) is 2. The highest BCUT2D eigenvalue weighted by Gasteiger charge is 2.15. The normalized spacial score (nSPS) is 13.7. The molecule has 0 aromatic heterocycles. The molecule has 212 valence electrons. The summed E-state index contributed by atoms with van der Waals surface area (Å²) in [4.78, 5) is 25.0. The maximum atomic E-state index is 12.9. The molecular weight excluding hydrogens is 492 g/mol. The van der Waals surface area contributed by atoms with E-state index in [1.807, 2.05) is 25.1 Å². The van der Waals surface area contributed by atoms with Crippen LogP contribution in [0, 0.1) is 26.7 Å². The van der Waals surface area contributed by atoms with Crippen LogP contribution in [0.15, 0.2) is 54.6 Å². The van der Waals surface area contributed by atoms with Gasteiger partial charge in [-0.2, -0.15) is 0 Å². The van der Waals surface area contributed by atoms with Crippen molar-refractivity contribution in [1.82, 2.24) is 5.32 Å². The van der Waals surface area contributed by atoms with Gasteiger partial charge in [0, 0.05) is 24.2 Å². The molecule has 3 aromatic carbocycles. The average Bonchev–Trinajstić information content (AvgIpc) is 2.96. The van der Waals surface area contributed by atoms with Crippen molar-refractivity contribution in [3.8, 4) is 0 Å². The van der Waals surface area contributed by atoms with Crippen molar-refractivity contribution >= 4 is 17.5 Å². The Morgan fingerprint density at radius 3 is 2.35 bits per heavy atom. The molecule has 0 heterocycles. The standard InChI is InChI=1S/C36H46N2O2/c1-5-35(39)33-16-10-14-29(23-33)22-31-18-17-30(19-27(31)4)24-37-36(40)38-34-21-26(3)25(2)20-32(34)15-9-13-28-11-7-6-8-12-28/h10,14,16-21,23,28H,5-9,11-13,15,22,24H2,1-4H3,(H2,37,38,40). The summed E-state index contributed by atoms with van der Waals surface area (Å²) in [5.41, 5.74) is 10.0. The van der Waals surface area contributed by atoms with Gasteiger partial charge >= 0.3 is 6.03 Å². The Balaban J connectivity index is 1.33. The van der Waals surface area contributed by atoms with Crippen molar-refractivity contribution in [2.75, 3.05) is 5.32 Å². The number of benzene rings is 3. The van der Waals surface area contributed by atoms with Gasteiger partial charge in [0.15, 0.2) is 5.78 Å². The van der Waals surface area contributed by atoms with Crippen molar-refractivity contribution in [2.24, 2.45) is 5.92 Å². The lowest BCUT2D eigenvalue weighted by atomic mass is 9.85. The third-order valence-corrected chi connectivity index (χ3v) is 8.58. The van der Waals surface area contributed by atoms with E-state index in [0.29, 0.717) is 13.0 Å². The van der Waals surface area contributed by atoms with E-state index in [2.05, 4.69) is 67.8 Å². The Labute approximate surface area is 241 Å². The molecule has 40 heavy (non-hydrogen) atoms. The van der Waals surface area contributed by atoms with Crippen molar-refractivity contribution < 1.29 is 9.59 Å². The topological polar surface area (TPSA) is 58.2 Å². The number of aryl methyl sites for hydroxylation is 4. The maximum Gasteiger partial charge on any atom is 0.319 e. The highest BCUT2D eigenvalue weighted by molar-refractivity contribution is 5.96. The van der Waals surface area contributed by atoms with Gasteiger partial charge in [-0.15, -0.1) is 0 Å². The zero-order valence-corrected chi connectivity index (χ0v) is 24.9. The first-order valence-corrected chi connectivity index (χ1v) is 15.2. The molecule has 4 rings (SSSR count). The highest BCUT2D eigenvalue weighted by atomic mass is 16.2. The van der Waals surface area contributed by atoms with Crippen molar-refractivity contribution in [3.05, 3.63) is 99.1 Å². The first-order chi connectivity index (χ1) is 19.3. The van der Waals surface area contributed by atoms with E-state index in [4.69, 9.17) is 0 Å². The molecular formula is C36H46N2O2. The van der Waals surface area contributed by atoms with Gasteiger partial charge in [-0.1, -0.05) is 87.9 Å². The van der Waals surface area contributed by atoms with Crippen LogP contribution < -0.4 is 10.6 Å².